The molecule has 0 radical (unpaired) electrons. The topological polar surface area (TPSA) is 76.1 Å². The normalized spacial score (nSPS) is 35.3. The molecule has 7 nitrogen and oxygen atoms in total. The van der Waals surface area contributed by atoms with Gasteiger partial charge >= 0.3 is 12.1 Å². The quantitative estimate of drug-likeness (QED) is 0.774. The molecule has 1 aliphatic carbocycles. The summed E-state index contributed by atoms with van der Waals surface area (Å²) in [4.78, 5) is 29.7. The van der Waals surface area contributed by atoms with Crippen molar-refractivity contribution in [3.8, 4) is 0 Å². The van der Waals surface area contributed by atoms with Crippen LogP contribution in [-0.4, -0.2) is 83.8 Å². The van der Waals surface area contributed by atoms with E-state index in [0.29, 0.717) is 24.5 Å². The lowest BCUT2D eigenvalue weighted by molar-refractivity contribution is -0.0177. The fourth-order valence-electron chi connectivity index (χ4n) is 6.14. The van der Waals surface area contributed by atoms with Crippen molar-refractivity contribution in [1.82, 2.24) is 20.0 Å². The van der Waals surface area contributed by atoms with E-state index < -0.39 is 6.09 Å². The van der Waals surface area contributed by atoms with Crippen LogP contribution in [0.5, 0.6) is 0 Å². The van der Waals surface area contributed by atoms with Crippen LogP contribution in [0, 0.1) is 11.3 Å². The van der Waals surface area contributed by atoms with Crippen molar-refractivity contribution in [3.63, 3.8) is 0 Å². The molecule has 0 bridgehead atoms. The van der Waals surface area contributed by atoms with Gasteiger partial charge in [-0.15, -0.1) is 0 Å². The Bertz CT molecular complexity index is 570. The molecular weight excluding hydrogens is 344 g/mol. The van der Waals surface area contributed by atoms with Crippen molar-refractivity contribution in [2.75, 3.05) is 39.8 Å². The Morgan fingerprint density at radius 2 is 1.78 bits per heavy atom. The number of rotatable bonds is 2. The first kappa shape index (κ1) is 18.8. The van der Waals surface area contributed by atoms with E-state index in [2.05, 4.69) is 15.1 Å². The predicted octanol–water partition coefficient (Wildman–Crippen LogP) is 2.42. The number of carboxylic acid groups (broad SMARTS) is 1. The van der Waals surface area contributed by atoms with Gasteiger partial charge < -0.3 is 25.1 Å². The monoisotopic (exact) mass is 378 g/mol. The second-order valence-electron chi connectivity index (χ2n) is 9.20. The zero-order valence-electron chi connectivity index (χ0n) is 16.5. The molecule has 1 atom stereocenters. The number of hydrogen-bond acceptors (Lipinski definition) is 3. The molecule has 4 fully saturated rings. The third kappa shape index (κ3) is 3.62. The Labute approximate surface area is 162 Å². The standard InChI is InChI=1S/C20H34N4O3/c1-21-18(25)24-8-3-2-4-17(24)15-5-9-22(10-6-15)16-12-20(13-16)7-11-23(14-20)19(26)27/h15-17H,2-14H2,1H3,(H,21,25)(H,26,27). The number of amides is 3. The molecule has 3 aliphatic heterocycles. The molecule has 1 saturated carbocycles. The van der Waals surface area contributed by atoms with Crippen LogP contribution in [0.3, 0.4) is 0 Å². The van der Waals surface area contributed by atoms with Crippen LogP contribution < -0.4 is 5.32 Å². The van der Waals surface area contributed by atoms with Gasteiger partial charge in [0.05, 0.1) is 0 Å². The van der Waals surface area contributed by atoms with Crippen molar-refractivity contribution in [2.24, 2.45) is 11.3 Å². The van der Waals surface area contributed by atoms with Crippen LogP contribution in [0.1, 0.15) is 51.4 Å². The number of urea groups is 1. The first-order valence-electron chi connectivity index (χ1n) is 10.7. The molecule has 2 N–H and O–H groups in total. The van der Waals surface area contributed by atoms with E-state index in [1.54, 1.807) is 11.9 Å². The molecule has 4 aliphatic rings. The van der Waals surface area contributed by atoms with Gasteiger partial charge in [0.15, 0.2) is 0 Å². The Morgan fingerprint density at radius 1 is 1.04 bits per heavy atom. The van der Waals surface area contributed by atoms with Crippen molar-refractivity contribution >= 4 is 12.1 Å². The summed E-state index contributed by atoms with van der Waals surface area (Å²) < 4.78 is 0. The maximum absolute atomic E-state index is 12.2. The van der Waals surface area contributed by atoms with Gasteiger partial charge in [0.25, 0.3) is 0 Å². The maximum atomic E-state index is 12.2. The lowest BCUT2D eigenvalue weighted by Crippen LogP contribution is -2.56. The highest BCUT2D eigenvalue weighted by Gasteiger charge is 2.51. The molecule has 0 aromatic carbocycles. The van der Waals surface area contributed by atoms with E-state index in [-0.39, 0.29) is 11.4 Å². The summed E-state index contributed by atoms with van der Waals surface area (Å²) in [5.41, 5.74) is 0.263. The summed E-state index contributed by atoms with van der Waals surface area (Å²) in [6, 6.07) is 1.14. The number of carbonyl (C=O) groups excluding carboxylic acids is 1. The Kier molecular flexibility index (Phi) is 5.23. The zero-order valence-corrected chi connectivity index (χ0v) is 16.5. The highest BCUT2D eigenvalue weighted by atomic mass is 16.4. The number of likely N-dealkylation sites (tertiary alicyclic amines) is 3. The number of piperidine rings is 2. The maximum Gasteiger partial charge on any atom is 0.407 e. The molecule has 3 heterocycles. The van der Waals surface area contributed by atoms with Crippen LogP contribution in [0.25, 0.3) is 0 Å². The number of nitrogens with zero attached hydrogens (tertiary/aromatic N) is 3. The molecule has 4 rings (SSSR count). The molecule has 0 aromatic heterocycles. The highest BCUT2D eigenvalue weighted by molar-refractivity contribution is 5.74. The van der Waals surface area contributed by atoms with E-state index in [9.17, 15) is 14.7 Å². The molecule has 1 spiro atoms. The molecule has 1 unspecified atom stereocenters. The number of hydrogen-bond donors (Lipinski definition) is 2. The molecule has 0 aromatic rings. The van der Waals surface area contributed by atoms with Gasteiger partial charge in [0.2, 0.25) is 0 Å². The van der Waals surface area contributed by atoms with Crippen molar-refractivity contribution < 1.29 is 14.7 Å². The first-order valence-corrected chi connectivity index (χ1v) is 10.7. The first-order chi connectivity index (χ1) is 13.0. The third-order valence-corrected chi connectivity index (χ3v) is 7.70. The highest BCUT2D eigenvalue weighted by Crippen LogP contribution is 2.50. The van der Waals surface area contributed by atoms with Gasteiger partial charge in [-0.3, -0.25) is 0 Å². The van der Waals surface area contributed by atoms with Gasteiger partial charge in [-0.1, -0.05) is 0 Å². The third-order valence-electron chi connectivity index (χ3n) is 7.70. The summed E-state index contributed by atoms with van der Waals surface area (Å²) >= 11 is 0. The van der Waals surface area contributed by atoms with Gasteiger partial charge in [-0.25, -0.2) is 9.59 Å². The minimum Gasteiger partial charge on any atom is -0.465 e. The van der Waals surface area contributed by atoms with Crippen LogP contribution in [0.4, 0.5) is 9.59 Å². The SMILES string of the molecule is CNC(=O)N1CCCCC1C1CCN(C2CC3(CCN(C(=O)O)C3)C2)CC1. The van der Waals surface area contributed by atoms with E-state index >= 15 is 0 Å². The largest absolute Gasteiger partial charge is 0.465 e. The van der Waals surface area contributed by atoms with E-state index in [1.807, 2.05) is 0 Å². The van der Waals surface area contributed by atoms with E-state index in [0.717, 1.165) is 58.3 Å². The van der Waals surface area contributed by atoms with Crippen molar-refractivity contribution in [1.29, 1.82) is 0 Å². The summed E-state index contributed by atoms with van der Waals surface area (Å²) in [7, 11) is 1.73. The molecule has 3 saturated heterocycles. The molecular formula is C20H34N4O3. The summed E-state index contributed by atoms with van der Waals surface area (Å²) in [6.07, 6.45) is 8.48. The molecule has 3 amide bonds. The molecule has 152 valence electrons. The van der Waals surface area contributed by atoms with Crippen LogP contribution in [0.2, 0.25) is 0 Å². The van der Waals surface area contributed by atoms with Crippen LogP contribution in [-0.2, 0) is 0 Å². The minimum atomic E-state index is -0.760. The lowest BCUT2D eigenvalue weighted by Gasteiger charge is -2.52. The van der Waals surface area contributed by atoms with Crippen molar-refractivity contribution in [3.05, 3.63) is 0 Å². The fraction of sp³-hybridized carbons (Fsp3) is 0.900. The second-order valence-corrected chi connectivity index (χ2v) is 9.20. The van der Waals surface area contributed by atoms with Crippen LogP contribution in [0.15, 0.2) is 0 Å². The molecule has 27 heavy (non-hydrogen) atoms. The number of nitrogens with one attached hydrogen (secondary N) is 1. The van der Waals surface area contributed by atoms with Crippen molar-refractivity contribution in [2.45, 2.75) is 63.5 Å². The average Bonchev–Trinajstić information content (AvgIpc) is 3.13. The van der Waals surface area contributed by atoms with E-state index in [1.165, 1.54) is 19.3 Å². The molecule has 7 heteroatoms. The van der Waals surface area contributed by atoms with Gasteiger partial charge in [-0.2, -0.15) is 0 Å². The average molecular weight is 379 g/mol. The Hall–Kier alpha value is -1.50. The van der Waals surface area contributed by atoms with E-state index in [4.69, 9.17) is 0 Å². The summed E-state index contributed by atoms with van der Waals surface area (Å²) in [5.74, 6) is 0.627. The summed E-state index contributed by atoms with van der Waals surface area (Å²) in [5, 5.41) is 12.0. The number of carbonyl (C=O) groups is 2. The predicted molar refractivity (Wildman–Crippen MR) is 103 cm³/mol. The smallest absolute Gasteiger partial charge is 0.407 e. The second kappa shape index (κ2) is 7.49. The fourth-order valence-corrected chi connectivity index (χ4v) is 6.14. The van der Waals surface area contributed by atoms with Crippen LogP contribution >= 0.6 is 0 Å². The minimum absolute atomic E-state index is 0.0901. The lowest BCUT2D eigenvalue weighted by atomic mass is 9.64. The van der Waals surface area contributed by atoms with Gasteiger partial charge in [0, 0.05) is 38.8 Å². The Morgan fingerprint density at radius 3 is 2.41 bits per heavy atom. The zero-order chi connectivity index (χ0) is 19.0. The van der Waals surface area contributed by atoms with Gasteiger partial charge in [-0.05, 0) is 75.8 Å². The summed E-state index contributed by atoms with van der Waals surface area (Å²) in [6.45, 7) is 4.60. The van der Waals surface area contributed by atoms with Gasteiger partial charge in [0.1, 0.15) is 0 Å². The Balaban J connectivity index is 1.26.